The predicted octanol–water partition coefficient (Wildman–Crippen LogP) is 2.80. The molecule has 1 spiro atoms. The number of nitrogens with zero attached hydrogens (tertiary/aromatic N) is 3. The number of rotatable bonds is 4. The topological polar surface area (TPSA) is 51.4 Å². The number of ether oxygens (including phenoxy) is 1. The molecule has 3 heterocycles. The predicted molar refractivity (Wildman–Crippen MR) is 85.9 cm³/mol. The van der Waals surface area contributed by atoms with Gasteiger partial charge < -0.3 is 9.26 Å². The summed E-state index contributed by atoms with van der Waals surface area (Å²) in [5.41, 5.74) is 1.17. The molecule has 4 rings (SSSR count). The summed E-state index contributed by atoms with van der Waals surface area (Å²) in [5.74, 6) is 0.994. The molecule has 0 amide bonds. The van der Waals surface area contributed by atoms with Crippen molar-refractivity contribution < 1.29 is 13.7 Å². The third-order valence-electron chi connectivity index (χ3n) is 5.04. The molecule has 6 heteroatoms. The van der Waals surface area contributed by atoms with Crippen molar-refractivity contribution >= 4 is 0 Å². The lowest BCUT2D eigenvalue weighted by atomic mass is 9.82. The number of likely N-dealkylation sites (tertiary alicyclic amines) is 1. The summed E-state index contributed by atoms with van der Waals surface area (Å²) in [4.78, 5) is 6.83. The Kier molecular flexibility index (Phi) is 4.33. The first-order chi connectivity index (χ1) is 11.7. The number of hydrogen-bond acceptors (Lipinski definition) is 5. The Bertz CT molecular complexity index is 697. The van der Waals surface area contributed by atoms with Crippen molar-refractivity contribution in [1.82, 2.24) is 15.0 Å². The van der Waals surface area contributed by atoms with Crippen LogP contribution < -0.4 is 0 Å². The standard InChI is InChI=1S/C18H22FN3O2/c19-15-4-1-3-14(9-15)10-16-20-17(24-21-16)11-22-7-6-18(12-22)5-2-8-23-13-18/h1,3-4,9H,2,5-8,10-13H2. The average molecular weight is 331 g/mol. The lowest BCUT2D eigenvalue weighted by molar-refractivity contribution is -0.00288. The molecule has 5 nitrogen and oxygen atoms in total. The highest BCUT2D eigenvalue weighted by Gasteiger charge is 2.39. The van der Waals surface area contributed by atoms with E-state index in [0.29, 0.717) is 30.1 Å². The van der Waals surface area contributed by atoms with E-state index in [1.165, 1.54) is 25.0 Å². The van der Waals surface area contributed by atoms with Gasteiger partial charge in [-0.3, -0.25) is 4.90 Å². The third kappa shape index (κ3) is 3.49. The van der Waals surface area contributed by atoms with Gasteiger partial charge in [-0.2, -0.15) is 4.98 Å². The fraction of sp³-hybridized carbons (Fsp3) is 0.556. The zero-order valence-electron chi connectivity index (χ0n) is 13.7. The zero-order chi connectivity index (χ0) is 16.4. The number of benzene rings is 1. The highest BCUT2D eigenvalue weighted by Crippen LogP contribution is 2.38. The monoisotopic (exact) mass is 331 g/mol. The van der Waals surface area contributed by atoms with Crippen LogP contribution in [0.15, 0.2) is 28.8 Å². The first kappa shape index (κ1) is 15.7. The van der Waals surface area contributed by atoms with E-state index in [4.69, 9.17) is 9.26 Å². The lowest BCUT2D eigenvalue weighted by Gasteiger charge is -2.33. The molecule has 1 atom stereocenters. The van der Waals surface area contributed by atoms with Gasteiger partial charge in [-0.15, -0.1) is 0 Å². The highest BCUT2D eigenvalue weighted by atomic mass is 19.1. The maximum absolute atomic E-state index is 13.2. The first-order valence-corrected chi connectivity index (χ1v) is 8.57. The molecule has 1 unspecified atom stereocenters. The normalized spacial score (nSPS) is 24.7. The number of hydrogen-bond donors (Lipinski definition) is 0. The molecule has 128 valence electrons. The summed E-state index contributed by atoms with van der Waals surface area (Å²) in [6.07, 6.45) is 4.07. The second kappa shape index (κ2) is 6.61. The van der Waals surface area contributed by atoms with Gasteiger partial charge in [0.15, 0.2) is 5.82 Å². The van der Waals surface area contributed by atoms with E-state index in [-0.39, 0.29) is 5.82 Å². The summed E-state index contributed by atoms with van der Waals surface area (Å²) in [6, 6.07) is 6.50. The lowest BCUT2D eigenvalue weighted by Crippen LogP contribution is -2.34. The number of halogens is 1. The first-order valence-electron chi connectivity index (χ1n) is 8.57. The second-order valence-electron chi connectivity index (χ2n) is 7.03. The molecular formula is C18H22FN3O2. The minimum atomic E-state index is -0.242. The van der Waals surface area contributed by atoms with Crippen LogP contribution in [0.4, 0.5) is 4.39 Å². The van der Waals surface area contributed by atoms with Crippen LogP contribution >= 0.6 is 0 Å². The fourth-order valence-electron chi connectivity index (χ4n) is 3.84. The van der Waals surface area contributed by atoms with Crippen LogP contribution in [0, 0.1) is 11.2 Å². The minimum Gasteiger partial charge on any atom is -0.381 e. The van der Waals surface area contributed by atoms with Crippen molar-refractivity contribution in [2.75, 3.05) is 26.3 Å². The van der Waals surface area contributed by atoms with Gasteiger partial charge in [0.25, 0.3) is 0 Å². The van der Waals surface area contributed by atoms with Gasteiger partial charge in [-0.05, 0) is 43.5 Å². The molecule has 2 aromatic rings. The molecule has 1 aromatic heterocycles. The molecule has 1 aromatic carbocycles. The van der Waals surface area contributed by atoms with Crippen molar-refractivity contribution in [3.8, 4) is 0 Å². The molecule has 2 saturated heterocycles. The molecule has 0 saturated carbocycles. The summed E-state index contributed by atoms with van der Waals surface area (Å²) in [7, 11) is 0. The molecule has 0 aliphatic carbocycles. The van der Waals surface area contributed by atoms with Crippen molar-refractivity contribution in [3.63, 3.8) is 0 Å². The molecule has 0 N–H and O–H groups in total. The van der Waals surface area contributed by atoms with Gasteiger partial charge in [0, 0.05) is 25.0 Å². The number of aromatic nitrogens is 2. The molecule has 2 fully saturated rings. The van der Waals surface area contributed by atoms with Crippen molar-refractivity contribution in [3.05, 3.63) is 47.4 Å². The summed E-state index contributed by atoms with van der Waals surface area (Å²) in [6.45, 7) is 4.53. The van der Waals surface area contributed by atoms with Gasteiger partial charge in [-0.1, -0.05) is 17.3 Å². The van der Waals surface area contributed by atoms with Crippen LogP contribution in [-0.2, 0) is 17.7 Å². The largest absolute Gasteiger partial charge is 0.381 e. The Morgan fingerprint density at radius 1 is 1.29 bits per heavy atom. The summed E-state index contributed by atoms with van der Waals surface area (Å²) in [5, 5.41) is 4.03. The third-order valence-corrected chi connectivity index (χ3v) is 5.04. The van der Waals surface area contributed by atoms with E-state index in [1.54, 1.807) is 6.07 Å². The average Bonchev–Trinajstić information content (AvgIpc) is 3.16. The maximum Gasteiger partial charge on any atom is 0.240 e. The fourth-order valence-corrected chi connectivity index (χ4v) is 3.84. The van der Waals surface area contributed by atoms with Crippen LogP contribution in [0.1, 0.15) is 36.5 Å². The van der Waals surface area contributed by atoms with Crippen molar-refractivity contribution in [2.24, 2.45) is 5.41 Å². The summed E-state index contributed by atoms with van der Waals surface area (Å²) < 4.78 is 24.3. The molecular weight excluding hydrogens is 309 g/mol. The van der Waals surface area contributed by atoms with Crippen LogP contribution in [0.3, 0.4) is 0 Å². The van der Waals surface area contributed by atoms with Crippen molar-refractivity contribution in [2.45, 2.75) is 32.2 Å². The maximum atomic E-state index is 13.2. The summed E-state index contributed by atoms with van der Waals surface area (Å²) >= 11 is 0. The van der Waals surface area contributed by atoms with E-state index < -0.39 is 0 Å². The Morgan fingerprint density at radius 2 is 2.25 bits per heavy atom. The van der Waals surface area contributed by atoms with Gasteiger partial charge in [-0.25, -0.2) is 4.39 Å². The van der Waals surface area contributed by atoms with Crippen LogP contribution in [0.2, 0.25) is 0 Å². The van der Waals surface area contributed by atoms with Gasteiger partial charge in [0.05, 0.1) is 13.2 Å². The van der Waals surface area contributed by atoms with Gasteiger partial charge >= 0.3 is 0 Å². The van der Waals surface area contributed by atoms with Crippen LogP contribution in [0.5, 0.6) is 0 Å². The van der Waals surface area contributed by atoms with Crippen LogP contribution in [-0.4, -0.2) is 41.3 Å². The Labute approximate surface area is 140 Å². The minimum absolute atomic E-state index is 0.242. The Balaban J connectivity index is 1.35. The Hall–Kier alpha value is -1.79. The van der Waals surface area contributed by atoms with Gasteiger partial charge in [0.1, 0.15) is 5.82 Å². The van der Waals surface area contributed by atoms with Crippen molar-refractivity contribution in [1.29, 1.82) is 0 Å². The van der Waals surface area contributed by atoms with E-state index in [9.17, 15) is 4.39 Å². The van der Waals surface area contributed by atoms with E-state index in [2.05, 4.69) is 15.0 Å². The van der Waals surface area contributed by atoms with Crippen LogP contribution in [0.25, 0.3) is 0 Å². The molecule has 0 radical (unpaired) electrons. The SMILES string of the molecule is Fc1cccc(Cc2noc(CN3CCC4(CCCOC4)C3)n2)c1. The Morgan fingerprint density at radius 3 is 3.08 bits per heavy atom. The molecule has 2 aliphatic rings. The van der Waals surface area contributed by atoms with Gasteiger partial charge in [0.2, 0.25) is 5.89 Å². The molecule has 0 bridgehead atoms. The zero-order valence-corrected chi connectivity index (χ0v) is 13.7. The second-order valence-corrected chi connectivity index (χ2v) is 7.03. The smallest absolute Gasteiger partial charge is 0.240 e. The molecule has 24 heavy (non-hydrogen) atoms. The van der Waals surface area contributed by atoms with E-state index in [1.807, 2.05) is 6.07 Å². The van der Waals surface area contributed by atoms with E-state index >= 15 is 0 Å². The quantitative estimate of drug-likeness (QED) is 0.862. The van der Waals surface area contributed by atoms with E-state index in [0.717, 1.165) is 38.3 Å². The highest BCUT2D eigenvalue weighted by molar-refractivity contribution is 5.19. The molecule has 2 aliphatic heterocycles.